The lowest BCUT2D eigenvalue weighted by molar-refractivity contribution is 0.0950. The van der Waals surface area contributed by atoms with Gasteiger partial charge in [-0.2, -0.15) is 0 Å². The van der Waals surface area contributed by atoms with Gasteiger partial charge in [0.25, 0.3) is 5.91 Å². The van der Waals surface area contributed by atoms with E-state index in [1.807, 2.05) is 17.5 Å². The summed E-state index contributed by atoms with van der Waals surface area (Å²) in [6, 6.07) is 8.16. The van der Waals surface area contributed by atoms with Crippen LogP contribution in [0.4, 0.5) is 0 Å². The lowest BCUT2D eigenvalue weighted by Crippen LogP contribution is -2.28. The van der Waals surface area contributed by atoms with Crippen molar-refractivity contribution in [2.24, 2.45) is 0 Å². The second-order valence-electron chi connectivity index (χ2n) is 4.79. The molecule has 0 radical (unpaired) electrons. The number of carbonyl (C=O) groups is 1. The number of methoxy groups -OCH3 is 1. The molecule has 1 aromatic heterocycles. The molecule has 1 aromatic carbocycles. The van der Waals surface area contributed by atoms with Crippen LogP contribution in [0.25, 0.3) is 0 Å². The van der Waals surface area contributed by atoms with E-state index < -0.39 is 10.0 Å². The molecular formula is C15H17BrN2O4S2. The van der Waals surface area contributed by atoms with Crippen molar-refractivity contribution in [2.45, 2.75) is 11.4 Å². The molecule has 1 heterocycles. The van der Waals surface area contributed by atoms with Gasteiger partial charge >= 0.3 is 0 Å². The Labute approximate surface area is 153 Å². The molecule has 24 heavy (non-hydrogen) atoms. The molecule has 0 fully saturated rings. The summed E-state index contributed by atoms with van der Waals surface area (Å²) in [5, 5.41) is 4.71. The zero-order valence-electron chi connectivity index (χ0n) is 12.9. The van der Waals surface area contributed by atoms with E-state index in [0.717, 1.165) is 4.88 Å². The van der Waals surface area contributed by atoms with Crippen molar-refractivity contribution in [1.82, 2.24) is 10.0 Å². The summed E-state index contributed by atoms with van der Waals surface area (Å²) in [5.74, 6) is -0.343. The minimum absolute atomic E-state index is 0.0306. The van der Waals surface area contributed by atoms with Crippen molar-refractivity contribution < 1.29 is 17.9 Å². The summed E-state index contributed by atoms with van der Waals surface area (Å²) in [6.45, 7) is 0.824. The van der Waals surface area contributed by atoms with Crippen LogP contribution in [0.2, 0.25) is 0 Å². The largest absolute Gasteiger partial charge is 0.383 e. The number of halogens is 1. The van der Waals surface area contributed by atoms with E-state index in [1.54, 1.807) is 6.07 Å². The summed E-state index contributed by atoms with van der Waals surface area (Å²) < 4.78 is 32.2. The molecule has 0 bridgehead atoms. The number of ether oxygens (including phenoxy) is 1. The van der Waals surface area contributed by atoms with Gasteiger partial charge < -0.3 is 10.1 Å². The quantitative estimate of drug-likeness (QED) is 0.627. The van der Waals surface area contributed by atoms with Crippen LogP contribution in [0.1, 0.15) is 15.2 Å². The topological polar surface area (TPSA) is 84.5 Å². The highest BCUT2D eigenvalue weighted by atomic mass is 79.9. The average molecular weight is 433 g/mol. The van der Waals surface area contributed by atoms with Crippen LogP contribution in [0.5, 0.6) is 0 Å². The molecule has 2 N–H and O–H groups in total. The van der Waals surface area contributed by atoms with Gasteiger partial charge in [0.2, 0.25) is 10.0 Å². The van der Waals surface area contributed by atoms with E-state index in [-0.39, 0.29) is 29.5 Å². The second kappa shape index (κ2) is 8.72. The van der Waals surface area contributed by atoms with Gasteiger partial charge in [0, 0.05) is 23.0 Å². The van der Waals surface area contributed by atoms with Gasteiger partial charge in [-0.25, -0.2) is 13.1 Å². The molecule has 0 aliphatic heterocycles. The molecule has 2 rings (SSSR count). The van der Waals surface area contributed by atoms with E-state index in [2.05, 4.69) is 26.0 Å². The maximum absolute atomic E-state index is 12.3. The van der Waals surface area contributed by atoms with Gasteiger partial charge in [0.05, 0.1) is 23.6 Å². The Balaban J connectivity index is 2.14. The molecule has 130 valence electrons. The molecule has 0 aliphatic rings. The van der Waals surface area contributed by atoms with Crippen LogP contribution in [-0.4, -0.2) is 34.6 Å². The highest BCUT2D eigenvalue weighted by molar-refractivity contribution is 9.10. The third-order valence-electron chi connectivity index (χ3n) is 3.09. The molecule has 0 saturated carbocycles. The first-order chi connectivity index (χ1) is 11.4. The molecule has 0 saturated heterocycles. The van der Waals surface area contributed by atoms with Gasteiger partial charge in [-0.15, -0.1) is 11.3 Å². The minimum Gasteiger partial charge on any atom is -0.383 e. The van der Waals surface area contributed by atoms with Gasteiger partial charge in [-0.05, 0) is 45.6 Å². The number of amides is 1. The first kappa shape index (κ1) is 19.1. The molecule has 0 unspecified atom stereocenters. The Bertz CT molecular complexity index is 792. The van der Waals surface area contributed by atoms with Crippen LogP contribution in [0.15, 0.2) is 45.1 Å². The summed E-state index contributed by atoms with van der Waals surface area (Å²) in [4.78, 5) is 13.4. The van der Waals surface area contributed by atoms with E-state index in [9.17, 15) is 13.2 Å². The maximum atomic E-state index is 12.3. The molecule has 0 atom stereocenters. The monoisotopic (exact) mass is 432 g/mol. The number of hydrogen-bond donors (Lipinski definition) is 2. The Hall–Kier alpha value is -1.26. The predicted octanol–water partition coefficient (Wildman–Crippen LogP) is 2.37. The summed E-state index contributed by atoms with van der Waals surface area (Å²) in [6.07, 6.45) is 0. The van der Waals surface area contributed by atoms with Crippen LogP contribution < -0.4 is 10.0 Å². The number of sulfonamides is 1. The summed E-state index contributed by atoms with van der Waals surface area (Å²) in [7, 11) is -2.20. The number of nitrogens with one attached hydrogen (secondary N) is 2. The highest BCUT2D eigenvalue weighted by Crippen LogP contribution is 2.21. The van der Waals surface area contributed by atoms with Crippen LogP contribution in [0, 0.1) is 0 Å². The fourth-order valence-corrected chi connectivity index (χ4v) is 3.99. The van der Waals surface area contributed by atoms with Crippen molar-refractivity contribution in [3.8, 4) is 0 Å². The fourth-order valence-electron chi connectivity index (χ4n) is 1.88. The van der Waals surface area contributed by atoms with E-state index in [1.165, 1.54) is 30.6 Å². The third-order valence-corrected chi connectivity index (χ3v) is 6.12. The summed E-state index contributed by atoms with van der Waals surface area (Å²) >= 11 is 4.83. The number of thiophene rings is 1. The van der Waals surface area contributed by atoms with Gasteiger partial charge in [0.15, 0.2) is 0 Å². The molecule has 1 amide bonds. The van der Waals surface area contributed by atoms with Crippen molar-refractivity contribution >= 4 is 43.2 Å². The summed E-state index contributed by atoms with van der Waals surface area (Å²) in [5.41, 5.74) is 0.265. The SMILES string of the molecule is COCCNS(=O)(=O)c1ccc(Br)c(C(=O)NCc2cccs2)c1. The number of carbonyl (C=O) groups excluding carboxylic acids is 1. The lowest BCUT2D eigenvalue weighted by Gasteiger charge is -2.10. The predicted molar refractivity (Wildman–Crippen MR) is 96.7 cm³/mol. The van der Waals surface area contributed by atoms with Crippen molar-refractivity contribution in [1.29, 1.82) is 0 Å². The standard InChI is InChI=1S/C15H17BrN2O4S2/c1-22-7-6-18-24(20,21)12-4-5-14(16)13(9-12)15(19)17-10-11-3-2-8-23-11/h2-5,8-9,18H,6-7,10H2,1H3,(H,17,19). The smallest absolute Gasteiger partial charge is 0.252 e. The Morgan fingerprint density at radius 2 is 2.12 bits per heavy atom. The average Bonchev–Trinajstić information content (AvgIpc) is 3.06. The maximum Gasteiger partial charge on any atom is 0.252 e. The van der Waals surface area contributed by atoms with Gasteiger partial charge in [0.1, 0.15) is 0 Å². The van der Waals surface area contributed by atoms with E-state index in [0.29, 0.717) is 11.0 Å². The van der Waals surface area contributed by atoms with Crippen molar-refractivity contribution in [2.75, 3.05) is 20.3 Å². The molecule has 0 spiro atoms. The molecular weight excluding hydrogens is 416 g/mol. The Morgan fingerprint density at radius 3 is 2.79 bits per heavy atom. The first-order valence-electron chi connectivity index (χ1n) is 7.03. The van der Waals surface area contributed by atoms with E-state index >= 15 is 0 Å². The normalized spacial score (nSPS) is 11.4. The van der Waals surface area contributed by atoms with Gasteiger partial charge in [-0.1, -0.05) is 6.07 Å². The van der Waals surface area contributed by atoms with Crippen LogP contribution in [-0.2, 0) is 21.3 Å². The third kappa shape index (κ3) is 5.12. The van der Waals surface area contributed by atoms with Crippen LogP contribution >= 0.6 is 27.3 Å². The van der Waals surface area contributed by atoms with Gasteiger partial charge in [-0.3, -0.25) is 4.79 Å². The molecule has 9 heteroatoms. The van der Waals surface area contributed by atoms with E-state index in [4.69, 9.17) is 4.74 Å². The fraction of sp³-hybridized carbons (Fsp3) is 0.267. The van der Waals surface area contributed by atoms with Crippen molar-refractivity contribution in [3.63, 3.8) is 0 Å². The molecule has 2 aromatic rings. The lowest BCUT2D eigenvalue weighted by atomic mass is 10.2. The molecule has 6 nitrogen and oxygen atoms in total. The zero-order chi connectivity index (χ0) is 17.6. The number of hydrogen-bond acceptors (Lipinski definition) is 5. The zero-order valence-corrected chi connectivity index (χ0v) is 16.1. The Morgan fingerprint density at radius 1 is 1.33 bits per heavy atom. The number of rotatable bonds is 8. The number of benzene rings is 1. The second-order valence-corrected chi connectivity index (χ2v) is 8.45. The minimum atomic E-state index is -3.69. The first-order valence-corrected chi connectivity index (χ1v) is 10.2. The molecule has 0 aliphatic carbocycles. The van der Waals surface area contributed by atoms with Crippen LogP contribution in [0.3, 0.4) is 0 Å². The Kier molecular flexibility index (Phi) is 6.93. The van der Waals surface area contributed by atoms with Crippen molar-refractivity contribution in [3.05, 3.63) is 50.6 Å². The highest BCUT2D eigenvalue weighted by Gasteiger charge is 2.18.